The number of hydrogen-bond donors (Lipinski definition) is 4. The number of aromatic nitrogens is 3. The van der Waals surface area contributed by atoms with E-state index >= 15 is 0 Å². The van der Waals surface area contributed by atoms with Gasteiger partial charge in [0.15, 0.2) is 0 Å². The zero-order valence-electron chi connectivity index (χ0n) is 17.8. The molecule has 4 N–H and O–H groups in total. The molecular formula is C20H21ClN6O5S. The van der Waals surface area contributed by atoms with Gasteiger partial charge in [-0.15, -0.1) is 0 Å². The van der Waals surface area contributed by atoms with E-state index in [1.54, 1.807) is 0 Å². The molecule has 0 fully saturated rings. The van der Waals surface area contributed by atoms with Gasteiger partial charge in [-0.3, -0.25) is 4.72 Å². The van der Waals surface area contributed by atoms with Crippen molar-refractivity contribution in [3.8, 4) is 5.75 Å². The summed E-state index contributed by atoms with van der Waals surface area (Å²) in [6, 6.07) is 9.59. The van der Waals surface area contributed by atoms with Crippen LogP contribution in [0, 0.1) is 0 Å². The number of halogens is 1. The topological polar surface area (TPSA) is 155 Å². The number of nitrogens with zero attached hydrogens (tertiary/aromatic N) is 3. The Morgan fingerprint density at radius 3 is 2.30 bits per heavy atom. The number of carbonyl (C=O) groups excluding carboxylic acids is 1. The minimum Gasteiger partial charge on any atom is -0.507 e. The van der Waals surface area contributed by atoms with Gasteiger partial charge in [0, 0.05) is 17.4 Å². The third-order valence-electron chi connectivity index (χ3n) is 4.10. The first kappa shape index (κ1) is 24.0. The van der Waals surface area contributed by atoms with Crippen LogP contribution in [0.4, 0.5) is 23.3 Å². The number of ether oxygens (including phenoxy) is 1. The van der Waals surface area contributed by atoms with Crippen molar-refractivity contribution < 1.29 is 23.1 Å². The number of nitrogens with one attached hydrogen (secondary N) is 3. The van der Waals surface area contributed by atoms with Crippen LogP contribution >= 0.6 is 11.6 Å². The lowest BCUT2D eigenvalue weighted by Gasteiger charge is -2.12. The van der Waals surface area contributed by atoms with Crippen molar-refractivity contribution in [1.29, 1.82) is 0 Å². The maximum absolute atomic E-state index is 12.7. The predicted octanol–water partition coefficient (Wildman–Crippen LogP) is 3.38. The molecule has 1 aromatic heterocycles. The normalized spacial score (nSPS) is 11.2. The molecule has 0 aliphatic heterocycles. The molecule has 0 amide bonds. The average Bonchev–Trinajstić information content (AvgIpc) is 2.74. The second-order valence-corrected chi connectivity index (χ2v) is 9.05. The quantitative estimate of drug-likeness (QED) is 0.271. The highest BCUT2D eigenvalue weighted by molar-refractivity contribution is 7.92. The number of rotatable bonds is 8. The summed E-state index contributed by atoms with van der Waals surface area (Å²) in [5.74, 6) is -0.637. The second-order valence-electron chi connectivity index (χ2n) is 7.03. The first-order valence-corrected chi connectivity index (χ1v) is 11.4. The van der Waals surface area contributed by atoms with E-state index in [1.165, 1.54) is 42.5 Å². The number of hydrogen-bond acceptors (Lipinski definition) is 10. The molecular weight excluding hydrogens is 472 g/mol. The number of benzene rings is 2. The average molecular weight is 493 g/mol. The Morgan fingerprint density at radius 2 is 1.67 bits per heavy atom. The number of phenols is 1. The van der Waals surface area contributed by atoms with Crippen molar-refractivity contribution >= 4 is 50.9 Å². The van der Waals surface area contributed by atoms with E-state index in [4.69, 9.17) is 11.6 Å². The smallest absolute Gasteiger partial charge is 0.341 e. The fourth-order valence-corrected chi connectivity index (χ4v) is 3.87. The fourth-order valence-electron chi connectivity index (χ4n) is 2.66. The zero-order valence-corrected chi connectivity index (χ0v) is 19.4. The Balaban J connectivity index is 1.77. The zero-order chi connectivity index (χ0) is 24.2. The third kappa shape index (κ3) is 6.20. The van der Waals surface area contributed by atoms with Crippen molar-refractivity contribution in [1.82, 2.24) is 15.0 Å². The molecule has 33 heavy (non-hydrogen) atoms. The van der Waals surface area contributed by atoms with Gasteiger partial charge in [0.2, 0.25) is 17.2 Å². The van der Waals surface area contributed by atoms with Crippen molar-refractivity contribution in [3.63, 3.8) is 0 Å². The summed E-state index contributed by atoms with van der Waals surface area (Å²) in [7, 11) is -2.82. The van der Waals surface area contributed by atoms with E-state index in [2.05, 4.69) is 35.0 Å². The van der Waals surface area contributed by atoms with Crippen LogP contribution < -0.4 is 15.4 Å². The fraction of sp³-hybridized carbons (Fsp3) is 0.200. The lowest BCUT2D eigenvalue weighted by atomic mass is 10.2. The monoisotopic (exact) mass is 492 g/mol. The van der Waals surface area contributed by atoms with Crippen LogP contribution in [-0.2, 0) is 14.8 Å². The molecule has 0 atom stereocenters. The van der Waals surface area contributed by atoms with Crippen LogP contribution in [0.1, 0.15) is 24.2 Å². The van der Waals surface area contributed by atoms with E-state index in [0.29, 0.717) is 11.6 Å². The van der Waals surface area contributed by atoms with Crippen molar-refractivity contribution in [2.24, 2.45) is 0 Å². The van der Waals surface area contributed by atoms with Gasteiger partial charge < -0.3 is 20.5 Å². The number of phenolic OH excluding ortho intramolecular Hbond substituents is 1. The molecule has 1 heterocycles. The first-order valence-electron chi connectivity index (χ1n) is 9.57. The van der Waals surface area contributed by atoms with Crippen LogP contribution in [0.2, 0.25) is 5.28 Å². The molecule has 0 aliphatic carbocycles. The molecule has 0 unspecified atom stereocenters. The van der Waals surface area contributed by atoms with E-state index in [1.807, 2.05) is 13.8 Å². The van der Waals surface area contributed by atoms with Crippen LogP contribution in [0.5, 0.6) is 5.75 Å². The van der Waals surface area contributed by atoms with Gasteiger partial charge in [-0.05, 0) is 67.9 Å². The highest BCUT2D eigenvalue weighted by Crippen LogP contribution is 2.25. The highest BCUT2D eigenvalue weighted by Gasteiger charge is 2.18. The van der Waals surface area contributed by atoms with Crippen LogP contribution in [0.15, 0.2) is 47.4 Å². The van der Waals surface area contributed by atoms with E-state index in [-0.39, 0.29) is 39.2 Å². The van der Waals surface area contributed by atoms with E-state index in [0.717, 1.165) is 7.11 Å². The number of esters is 1. The molecule has 3 rings (SSSR count). The van der Waals surface area contributed by atoms with Crippen LogP contribution in [0.3, 0.4) is 0 Å². The number of carbonyl (C=O) groups is 1. The van der Waals surface area contributed by atoms with E-state index in [9.17, 15) is 18.3 Å². The molecule has 2 aromatic carbocycles. The molecule has 0 radical (unpaired) electrons. The minimum absolute atomic E-state index is 0.000676. The van der Waals surface area contributed by atoms with Crippen LogP contribution in [0.25, 0.3) is 0 Å². The largest absolute Gasteiger partial charge is 0.507 e. The maximum atomic E-state index is 12.7. The summed E-state index contributed by atoms with van der Waals surface area (Å²) in [4.78, 5) is 23.9. The Labute approximate surface area is 195 Å². The van der Waals surface area contributed by atoms with Gasteiger partial charge in [-0.2, -0.15) is 15.0 Å². The number of anilines is 4. The van der Waals surface area contributed by atoms with Crippen molar-refractivity contribution in [2.45, 2.75) is 24.8 Å². The molecule has 0 bridgehead atoms. The molecule has 13 heteroatoms. The third-order valence-corrected chi connectivity index (χ3v) is 5.67. The number of methoxy groups -OCH3 is 1. The number of aromatic hydroxyl groups is 1. The molecule has 0 aliphatic rings. The van der Waals surface area contributed by atoms with Gasteiger partial charge in [0.25, 0.3) is 10.0 Å². The minimum atomic E-state index is -3.98. The lowest BCUT2D eigenvalue weighted by Crippen LogP contribution is -2.14. The maximum Gasteiger partial charge on any atom is 0.341 e. The molecule has 0 spiro atoms. The Bertz CT molecular complexity index is 1270. The SMILES string of the molecule is COC(=O)c1cc(NS(=O)(=O)c2ccc(Nc3nc(Cl)nc(NC(C)C)n3)cc2)ccc1O. The second kappa shape index (κ2) is 9.88. The standard InChI is InChI=1S/C20H21ClN6O5S/c1-11(2)22-19-24-18(21)25-20(26-19)23-12-4-7-14(8-5-12)33(30,31)27-13-6-9-16(28)15(10-13)17(29)32-3/h4-11,27-28H,1-3H3,(H2,22,23,24,25,26). The summed E-state index contributed by atoms with van der Waals surface area (Å²) in [6.45, 7) is 3.85. The molecule has 3 aromatic rings. The van der Waals surface area contributed by atoms with E-state index < -0.39 is 16.0 Å². The predicted molar refractivity (Wildman–Crippen MR) is 124 cm³/mol. The summed E-state index contributed by atoms with van der Waals surface area (Å²) < 4.78 is 32.4. The van der Waals surface area contributed by atoms with Crippen molar-refractivity contribution in [3.05, 3.63) is 53.3 Å². The van der Waals surface area contributed by atoms with Crippen molar-refractivity contribution in [2.75, 3.05) is 22.5 Å². The molecule has 174 valence electrons. The Morgan fingerprint density at radius 1 is 1.03 bits per heavy atom. The highest BCUT2D eigenvalue weighted by atomic mass is 35.5. The summed E-state index contributed by atoms with van der Waals surface area (Å²) in [5, 5.41) is 15.7. The summed E-state index contributed by atoms with van der Waals surface area (Å²) in [6.07, 6.45) is 0. The molecule has 0 saturated heterocycles. The summed E-state index contributed by atoms with van der Waals surface area (Å²) >= 11 is 5.94. The Hall–Kier alpha value is -3.64. The Kier molecular flexibility index (Phi) is 7.19. The van der Waals surface area contributed by atoms with Gasteiger partial charge in [0.05, 0.1) is 12.0 Å². The van der Waals surface area contributed by atoms with Crippen LogP contribution in [-0.4, -0.2) is 47.6 Å². The number of sulfonamides is 1. The van der Waals surface area contributed by atoms with Gasteiger partial charge in [-0.25, -0.2) is 13.2 Å². The van der Waals surface area contributed by atoms with Gasteiger partial charge in [-0.1, -0.05) is 0 Å². The van der Waals surface area contributed by atoms with Gasteiger partial charge in [0.1, 0.15) is 11.3 Å². The van der Waals surface area contributed by atoms with Gasteiger partial charge >= 0.3 is 5.97 Å². The first-order chi connectivity index (χ1) is 15.6. The molecule has 11 nitrogen and oxygen atoms in total. The summed E-state index contributed by atoms with van der Waals surface area (Å²) in [5.41, 5.74) is 0.435. The molecule has 0 saturated carbocycles. The lowest BCUT2D eigenvalue weighted by molar-refractivity contribution is 0.0597.